The Kier molecular flexibility index (Phi) is 7.39. The average Bonchev–Trinajstić information content (AvgIpc) is 3.24. The van der Waals surface area contributed by atoms with E-state index in [0.29, 0.717) is 16.0 Å². The summed E-state index contributed by atoms with van der Waals surface area (Å²) in [6.07, 6.45) is 0.962. The van der Waals surface area contributed by atoms with Gasteiger partial charge in [-0.3, -0.25) is 9.36 Å². The van der Waals surface area contributed by atoms with Gasteiger partial charge < -0.3 is 5.32 Å². The minimum absolute atomic E-state index is 0.0888. The Morgan fingerprint density at radius 3 is 2.53 bits per heavy atom. The van der Waals surface area contributed by atoms with Crippen molar-refractivity contribution in [3.05, 3.63) is 88.4 Å². The first-order valence-electron chi connectivity index (χ1n) is 11.2. The maximum Gasteiger partial charge on any atom is 0.237 e. The molecule has 1 aromatic heterocycles. The van der Waals surface area contributed by atoms with E-state index in [1.54, 1.807) is 0 Å². The molecule has 4 rings (SSSR count). The minimum Gasteiger partial charge on any atom is -0.325 e. The molecule has 0 radical (unpaired) electrons. The van der Waals surface area contributed by atoms with Crippen molar-refractivity contribution in [2.75, 3.05) is 5.32 Å². The first kappa shape index (κ1) is 24.0. The van der Waals surface area contributed by atoms with Crippen LogP contribution in [0.2, 0.25) is 5.02 Å². The van der Waals surface area contributed by atoms with Crippen LogP contribution in [0.4, 0.5) is 5.69 Å². The number of aryl methyl sites for hydroxylation is 3. The molecule has 1 amide bonds. The summed E-state index contributed by atoms with van der Waals surface area (Å²) in [4.78, 5) is 13.0. The van der Waals surface area contributed by atoms with Crippen molar-refractivity contribution in [2.45, 2.75) is 44.5 Å². The van der Waals surface area contributed by atoms with E-state index >= 15 is 0 Å². The molecule has 0 aliphatic carbocycles. The SMILES string of the molecule is CCc1ccc(NC(=O)C(C)Sc2nnc(-c3cccc(Cl)c3)n2-c2cc(C)ccc2C)cc1. The van der Waals surface area contributed by atoms with Crippen LogP contribution < -0.4 is 5.32 Å². The number of carbonyl (C=O) groups excluding carboxylic acids is 1. The summed E-state index contributed by atoms with van der Waals surface area (Å²) in [5.74, 6) is 0.593. The molecule has 0 spiro atoms. The van der Waals surface area contributed by atoms with Crippen molar-refractivity contribution < 1.29 is 4.79 Å². The number of thioether (sulfide) groups is 1. The molecule has 4 aromatic rings. The van der Waals surface area contributed by atoms with Crippen LogP contribution in [0.1, 0.15) is 30.5 Å². The monoisotopic (exact) mass is 490 g/mol. The number of amides is 1. The van der Waals surface area contributed by atoms with Gasteiger partial charge in [0, 0.05) is 16.3 Å². The molecular weight excluding hydrogens is 464 g/mol. The molecule has 7 heteroatoms. The molecule has 0 aliphatic heterocycles. The third-order valence-electron chi connectivity index (χ3n) is 5.60. The van der Waals surface area contributed by atoms with E-state index in [-0.39, 0.29) is 11.2 Å². The molecule has 3 aromatic carbocycles. The Labute approximate surface area is 209 Å². The Morgan fingerprint density at radius 2 is 1.82 bits per heavy atom. The second kappa shape index (κ2) is 10.5. The summed E-state index contributed by atoms with van der Waals surface area (Å²) in [7, 11) is 0. The zero-order valence-electron chi connectivity index (χ0n) is 19.7. The lowest BCUT2D eigenvalue weighted by Gasteiger charge is -2.16. The van der Waals surface area contributed by atoms with E-state index < -0.39 is 0 Å². The van der Waals surface area contributed by atoms with E-state index in [4.69, 9.17) is 11.6 Å². The van der Waals surface area contributed by atoms with Gasteiger partial charge in [0.1, 0.15) is 0 Å². The summed E-state index contributed by atoms with van der Waals surface area (Å²) < 4.78 is 2.01. The fourth-order valence-corrected chi connectivity index (χ4v) is 4.67. The van der Waals surface area contributed by atoms with Crippen LogP contribution in [0, 0.1) is 13.8 Å². The van der Waals surface area contributed by atoms with E-state index in [1.807, 2.05) is 60.0 Å². The highest BCUT2D eigenvalue weighted by Crippen LogP contribution is 2.33. The second-order valence-electron chi connectivity index (χ2n) is 8.24. The molecule has 1 N–H and O–H groups in total. The molecule has 0 aliphatic rings. The molecule has 0 saturated heterocycles. The Morgan fingerprint density at radius 1 is 1.06 bits per heavy atom. The lowest BCUT2D eigenvalue weighted by Crippen LogP contribution is -2.23. The lowest BCUT2D eigenvalue weighted by atomic mass is 10.1. The summed E-state index contributed by atoms with van der Waals surface area (Å²) in [6.45, 7) is 8.10. The molecule has 0 fully saturated rings. The standard InChI is InChI=1S/C27H27ClN4OS/c1-5-20-11-13-23(14-12-20)29-26(33)19(4)34-27-31-30-25(21-7-6-8-22(28)16-21)32(27)24-15-17(2)9-10-18(24)3/h6-16,19H,5H2,1-4H3,(H,29,33). The first-order chi connectivity index (χ1) is 16.4. The third-order valence-corrected chi connectivity index (χ3v) is 6.88. The Bertz CT molecular complexity index is 1320. The number of halogens is 1. The number of nitrogens with zero attached hydrogens (tertiary/aromatic N) is 3. The largest absolute Gasteiger partial charge is 0.325 e. The van der Waals surface area contributed by atoms with Gasteiger partial charge >= 0.3 is 0 Å². The van der Waals surface area contributed by atoms with Gasteiger partial charge in [0.25, 0.3) is 0 Å². The van der Waals surface area contributed by atoms with Gasteiger partial charge in [0.2, 0.25) is 5.91 Å². The predicted molar refractivity (Wildman–Crippen MR) is 141 cm³/mol. The van der Waals surface area contributed by atoms with Gasteiger partial charge in [-0.1, -0.05) is 66.7 Å². The van der Waals surface area contributed by atoms with Gasteiger partial charge in [-0.15, -0.1) is 10.2 Å². The fourth-order valence-electron chi connectivity index (χ4n) is 3.62. The molecule has 1 unspecified atom stereocenters. The molecule has 0 saturated carbocycles. The van der Waals surface area contributed by atoms with E-state index in [2.05, 4.69) is 54.5 Å². The van der Waals surface area contributed by atoms with E-state index in [0.717, 1.165) is 34.5 Å². The van der Waals surface area contributed by atoms with Crippen molar-refractivity contribution in [3.63, 3.8) is 0 Å². The molecule has 34 heavy (non-hydrogen) atoms. The number of carbonyl (C=O) groups is 1. The average molecular weight is 491 g/mol. The van der Waals surface area contributed by atoms with Gasteiger partial charge in [-0.05, 0) is 74.2 Å². The van der Waals surface area contributed by atoms with Crippen LogP contribution in [-0.4, -0.2) is 25.9 Å². The van der Waals surface area contributed by atoms with Gasteiger partial charge in [-0.25, -0.2) is 0 Å². The molecular formula is C27H27ClN4OS. The van der Waals surface area contributed by atoms with Crippen molar-refractivity contribution in [1.82, 2.24) is 14.8 Å². The van der Waals surface area contributed by atoms with Crippen LogP contribution in [0.25, 0.3) is 17.1 Å². The summed E-state index contributed by atoms with van der Waals surface area (Å²) in [5.41, 5.74) is 6.07. The zero-order chi connectivity index (χ0) is 24.2. The predicted octanol–water partition coefficient (Wildman–Crippen LogP) is 6.89. The van der Waals surface area contributed by atoms with Crippen LogP contribution in [0.3, 0.4) is 0 Å². The fraction of sp³-hybridized carbons (Fsp3) is 0.222. The quantitative estimate of drug-likeness (QED) is 0.287. The molecule has 1 atom stereocenters. The van der Waals surface area contributed by atoms with Crippen LogP contribution in [0.5, 0.6) is 0 Å². The Hall–Kier alpha value is -3.09. The highest BCUT2D eigenvalue weighted by atomic mass is 35.5. The van der Waals surface area contributed by atoms with Crippen LogP contribution in [-0.2, 0) is 11.2 Å². The smallest absolute Gasteiger partial charge is 0.237 e. The van der Waals surface area contributed by atoms with E-state index in [9.17, 15) is 4.79 Å². The molecule has 1 heterocycles. The topological polar surface area (TPSA) is 59.8 Å². The van der Waals surface area contributed by atoms with Crippen molar-refractivity contribution >= 4 is 35.0 Å². The number of rotatable bonds is 7. The van der Waals surface area contributed by atoms with Gasteiger partial charge in [0.15, 0.2) is 11.0 Å². The van der Waals surface area contributed by atoms with Crippen molar-refractivity contribution in [3.8, 4) is 17.1 Å². The maximum absolute atomic E-state index is 13.0. The van der Waals surface area contributed by atoms with Crippen molar-refractivity contribution in [2.24, 2.45) is 0 Å². The number of anilines is 1. The summed E-state index contributed by atoms with van der Waals surface area (Å²) in [5, 5.41) is 12.9. The maximum atomic E-state index is 13.0. The summed E-state index contributed by atoms with van der Waals surface area (Å²) >= 11 is 7.64. The number of hydrogen-bond donors (Lipinski definition) is 1. The van der Waals surface area contributed by atoms with Crippen molar-refractivity contribution in [1.29, 1.82) is 0 Å². The first-order valence-corrected chi connectivity index (χ1v) is 12.5. The van der Waals surface area contributed by atoms with Crippen LogP contribution in [0.15, 0.2) is 71.9 Å². The minimum atomic E-state index is -0.383. The second-order valence-corrected chi connectivity index (χ2v) is 9.99. The highest BCUT2D eigenvalue weighted by molar-refractivity contribution is 8.00. The van der Waals surface area contributed by atoms with E-state index in [1.165, 1.54) is 17.3 Å². The number of benzene rings is 3. The number of nitrogens with one attached hydrogen (secondary N) is 1. The third kappa shape index (κ3) is 5.34. The molecule has 174 valence electrons. The van der Waals surface area contributed by atoms with Gasteiger partial charge in [-0.2, -0.15) is 0 Å². The highest BCUT2D eigenvalue weighted by Gasteiger charge is 2.23. The molecule has 5 nitrogen and oxygen atoms in total. The molecule has 0 bridgehead atoms. The number of hydrogen-bond acceptors (Lipinski definition) is 4. The number of aromatic nitrogens is 3. The Balaban J connectivity index is 1.67. The normalized spacial score (nSPS) is 11.9. The zero-order valence-corrected chi connectivity index (χ0v) is 21.2. The van der Waals surface area contributed by atoms with Gasteiger partial charge in [0.05, 0.1) is 10.9 Å². The lowest BCUT2D eigenvalue weighted by molar-refractivity contribution is -0.115. The summed E-state index contributed by atoms with van der Waals surface area (Å²) in [6, 6.07) is 21.8. The van der Waals surface area contributed by atoms with Crippen LogP contribution >= 0.6 is 23.4 Å².